The smallest absolute Gasteiger partial charge is 0.211 e. The lowest BCUT2D eigenvalue weighted by atomic mass is 9.96. The summed E-state index contributed by atoms with van der Waals surface area (Å²) < 4.78 is 32.4. The maximum Gasteiger partial charge on any atom is 0.211 e. The van der Waals surface area contributed by atoms with Crippen molar-refractivity contribution in [3.63, 3.8) is 0 Å². The highest BCUT2D eigenvalue weighted by molar-refractivity contribution is 7.89. The van der Waals surface area contributed by atoms with Gasteiger partial charge in [0.25, 0.3) is 0 Å². The first-order chi connectivity index (χ1) is 11.1. The zero-order valence-corrected chi connectivity index (χ0v) is 14.3. The predicted octanol–water partition coefficient (Wildman–Crippen LogP) is 0.968. The molecule has 1 aromatic rings. The monoisotopic (exact) mass is 339 g/mol. The lowest BCUT2D eigenvalue weighted by Crippen LogP contribution is -2.42. The van der Waals surface area contributed by atoms with Gasteiger partial charge in [-0.25, -0.2) is 13.1 Å². The molecular weight excluding hydrogens is 314 g/mol. The van der Waals surface area contributed by atoms with Crippen molar-refractivity contribution in [3.05, 3.63) is 30.1 Å². The van der Waals surface area contributed by atoms with Crippen LogP contribution in [-0.2, 0) is 14.8 Å². The average Bonchev–Trinajstić information content (AvgIpc) is 2.99. The molecule has 0 aliphatic carbocycles. The Morgan fingerprint density at radius 1 is 1.35 bits per heavy atom. The van der Waals surface area contributed by atoms with Crippen LogP contribution in [0.15, 0.2) is 24.5 Å². The number of aromatic nitrogens is 1. The number of nitrogens with one attached hydrogen (secondary N) is 1. The second kappa shape index (κ2) is 7.25. The molecule has 6 nitrogen and oxygen atoms in total. The van der Waals surface area contributed by atoms with Gasteiger partial charge < -0.3 is 4.74 Å². The first-order valence-corrected chi connectivity index (χ1v) is 9.96. The van der Waals surface area contributed by atoms with Crippen LogP contribution in [0.3, 0.4) is 0 Å². The summed E-state index contributed by atoms with van der Waals surface area (Å²) in [6.07, 6.45) is 5.64. The number of pyridine rings is 1. The standard InChI is InChI=1S/C16H25N3O3S/c1-2-23(20,21)18-16-12-19(14-5-8-22-9-6-14)11-15(16)13-4-3-7-17-10-13/h3-4,7,10,14-16,18H,2,5-6,8-9,11-12H2,1H3. The average molecular weight is 339 g/mol. The molecule has 0 amide bonds. The molecule has 2 atom stereocenters. The SMILES string of the molecule is CCS(=O)(=O)NC1CN(C2CCOCC2)CC1c1cccnc1. The predicted molar refractivity (Wildman–Crippen MR) is 88.8 cm³/mol. The Kier molecular flexibility index (Phi) is 5.31. The molecule has 2 saturated heterocycles. The number of sulfonamides is 1. The summed E-state index contributed by atoms with van der Waals surface area (Å²) in [5, 5.41) is 0. The molecule has 0 aromatic carbocycles. The van der Waals surface area contributed by atoms with E-state index in [1.807, 2.05) is 18.3 Å². The van der Waals surface area contributed by atoms with Gasteiger partial charge in [0.2, 0.25) is 10.0 Å². The highest BCUT2D eigenvalue weighted by atomic mass is 32.2. The number of hydrogen-bond donors (Lipinski definition) is 1. The van der Waals surface area contributed by atoms with Gasteiger partial charge in [-0.2, -0.15) is 0 Å². The van der Waals surface area contributed by atoms with Crippen LogP contribution in [-0.4, -0.2) is 62.4 Å². The van der Waals surface area contributed by atoms with E-state index in [2.05, 4.69) is 14.6 Å². The van der Waals surface area contributed by atoms with Crippen molar-refractivity contribution in [2.45, 2.75) is 37.8 Å². The van der Waals surface area contributed by atoms with Gasteiger partial charge in [-0.1, -0.05) is 6.07 Å². The van der Waals surface area contributed by atoms with Gasteiger partial charge in [0.05, 0.1) is 5.75 Å². The lowest BCUT2D eigenvalue weighted by Gasteiger charge is -2.31. The molecule has 0 radical (unpaired) electrons. The van der Waals surface area contributed by atoms with Gasteiger partial charge in [-0.15, -0.1) is 0 Å². The van der Waals surface area contributed by atoms with Gasteiger partial charge in [0, 0.05) is 56.7 Å². The number of hydrogen-bond acceptors (Lipinski definition) is 5. The maximum atomic E-state index is 12.0. The normalized spacial score (nSPS) is 27.3. The maximum absolute atomic E-state index is 12.0. The minimum atomic E-state index is -3.22. The van der Waals surface area contributed by atoms with Crippen LogP contribution in [0.1, 0.15) is 31.2 Å². The summed E-state index contributed by atoms with van der Waals surface area (Å²) in [5.74, 6) is 0.258. The summed E-state index contributed by atoms with van der Waals surface area (Å²) in [5.41, 5.74) is 1.10. The van der Waals surface area contributed by atoms with Gasteiger partial charge in [0.15, 0.2) is 0 Å². The summed E-state index contributed by atoms with van der Waals surface area (Å²) in [7, 11) is -3.22. The number of nitrogens with zero attached hydrogens (tertiary/aromatic N) is 2. The Hall–Kier alpha value is -1.02. The van der Waals surface area contributed by atoms with E-state index in [0.717, 1.165) is 44.7 Å². The third-order valence-corrected chi connectivity index (χ3v) is 6.30. The van der Waals surface area contributed by atoms with E-state index in [1.54, 1.807) is 13.1 Å². The van der Waals surface area contributed by atoms with Crippen molar-refractivity contribution in [3.8, 4) is 0 Å². The van der Waals surface area contributed by atoms with E-state index in [1.165, 1.54) is 0 Å². The molecule has 128 valence electrons. The topological polar surface area (TPSA) is 71.5 Å². The minimum Gasteiger partial charge on any atom is -0.381 e. The molecule has 1 aromatic heterocycles. The molecule has 2 aliphatic heterocycles. The summed E-state index contributed by atoms with van der Waals surface area (Å²) in [4.78, 5) is 6.62. The van der Waals surface area contributed by atoms with Crippen molar-refractivity contribution in [1.82, 2.24) is 14.6 Å². The molecule has 3 heterocycles. The molecule has 2 aliphatic rings. The van der Waals surface area contributed by atoms with E-state index in [4.69, 9.17) is 4.74 Å². The fraction of sp³-hybridized carbons (Fsp3) is 0.688. The Morgan fingerprint density at radius 3 is 2.78 bits per heavy atom. The van der Waals surface area contributed by atoms with Crippen LogP contribution in [0, 0.1) is 0 Å². The molecule has 3 rings (SSSR count). The second-order valence-electron chi connectivity index (χ2n) is 6.32. The van der Waals surface area contributed by atoms with Crippen molar-refractivity contribution in [1.29, 1.82) is 0 Å². The van der Waals surface area contributed by atoms with E-state index in [-0.39, 0.29) is 17.7 Å². The third kappa shape index (κ3) is 4.09. The van der Waals surface area contributed by atoms with Crippen molar-refractivity contribution >= 4 is 10.0 Å². The molecule has 2 fully saturated rings. The molecule has 0 saturated carbocycles. The van der Waals surface area contributed by atoms with Crippen LogP contribution in [0.2, 0.25) is 0 Å². The first kappa shape index (κ1) is 16.8. The quantitative estimate of drug-likeness (QED) is 0.865. The molecular formula is C16H25N3O3S. The van der Waals surface area contributed by atoms with Crippen LogP contribution in [0.25, 0.3) is 0 Å². The van der Waals surface area contributed by atoms with E-state index < -0.39 is 10.0 Å². The Balaban J connectivity index is 1.78. The third-order valence-electron chi connectivity index (χ3n) is 4.88. The molecule has 0 spiro atoms. The second-order valence-corrected chi connectivity index (χ2v) is 8.36. The van der Waals surface area contributed by atoms with Crippen LogP contribution >= 0.6 is 0 Å². The van der Waals surface area contributed by atoms with Gasteiger partial charge in [-0.05, 0) is 31.4 Å². The van der Waals surface area contributed by atoms with E-state index in [9.17, 15) is 8.42 Å². The highest BCUT2D eigenvalue weighted by Crippen LogP contribution is 2.31. The summed E-state index contributed by atoms with van der Waals surface area (Å²) in [6.45, 7) is 4.89. The van der Waals surface area contributed by atoms with Gasteiger partial charge >= 0.3 is 0 Å². The molecule has 7 heteroatoms. The molecule has 23 heavy (non-hydrogen) atoms. The minimum absolute atomic E-state index is 0.0907. The Bertz CT molecular complexity index is 602. The molecule has 2 unspecified atom stereocenters. The van der Waals surface area contributed by atoms with Crippen molar-refractivity contribution in [2.24, 2.45) is 0 Å². The largest absolute Gasteiger partial charge is 0.381 e. The van der Waals surface area contributed by atoms with Crippen molar-refractivity contribution < 1.29 is 13.2 Å². The zero-order valence-electron chi connectivity index (χ0n) is 13.5. The van der Waals surface area contributed by atoms with Crippen LogP contribution in [0.4, 0.5) is 0 Å². The molecule has 1 N–H and O–H groups in total. The highest BCUT2D eigenvalue weighted by Gasteiger charge is 2.39. The molecule has 0 bridgehead atoms. The van der Waals surface area contributed by atoms with Crippen LogP contribution in [0.5, 0.6) is 0 Å². The van der Waals surface area contributed by atoms with E-state index in [0.29, 0.717) is 6.04 Å². The fourth-order valence-corrected chi connectivity index (χ4v) is 4.42. The number of ether oxygens (including phenoxy) is 1. The summed E-state index contributed by atoms with van der Waals surface area (Å²) >= 11 is 0. The summed E-state index contributed by atoms with van der Waals surface area (Å²) in [6, 6.07) is 4.35. The first-order valence-electron chi connectivity index (χ1n) is 8.31. The van der Waals surface area contributed by atoms with Gasteiger partial charge in [0.1, 0.15) is 0 Å². The zero-order chi connectivity index (χ0) is 16.3. The fourth-order valence-electron chi connectivity index (χ4n) is 3.55. The van der Waals surface area contributed by atoms with Gasteiger partial charge in [-0.3, -0.25) is 9.88 Å². The van der Waals surface area contributed by atoms with E-state index >= 15 is 0 Å². The van der Waals surface area contributed by atoms with Crippen molar-refractivity contribution in [2.75, 3.05) is 32.1 Å². The Morgan fingerprint density at radius 2 is 2.13 bits per heavy atom. The lowest BCUT2D eigenvalue weighted by molar-refractivity contribution is 0.0415. The van der Waals surface area contributed by atoms with Crippen LogP contribution < -0.4 is 4.72 Å². The number of rotatable bonds is 5. The Labute approximate surface area is 138 Å². The number of likely N-dealkylation sites (tertiary alicyclic amines) is 1.